The van der Waals surface area contributed by atoms with Crippen molar-refractivity contribution >= 4 is 11.7 Å². The fraction of sp³-hybridized carbons (Fsp3) is 0.529. The molecule has 2 rings (SSSR count). The zero-order valence-corrected chi connectivity index (χ0v) is 12.6. The van der Waals surface area contributed by atoms with E-state index in [1.165, 1.54) is 5.56 Å². The van der Waals surface area contributed by atoms with Crippen LogP contribution in [0, 0.1) is 0 Å². The molecule has 1 aliphatic rings. The molecule has 0 unspecified atom stereocenters. The van der Waals surface area contributed by atoms with Gasteiger partial charge in [0.1, 0.15) is 0 Å². The highest BCUT2D eigenvalue weighted by atomic mass is 16.2. The lowest BCUT2D eigenvalue weighted by Gasteiger charge is -2.26. The van der Waals surface area contributed by atoms with E-state index >= 15 is 0 Å². The second-order valence-electron chi connectivity index (χ2n) is 6.51. The number of ketones is 1. The molecule has 0 aliphatic carbocycles. The number of carbonyl (C=O) groups excluding carboxylic acids is 2. The van der Waals surface area contributed by atoms with Crippen molar-refractivity contribution in [1.29, 1.82) is 0 Å². The van der Waals surface area contributed by atoms with Crippen LogP contribution in [0.1, 0.15) is 56.0 Å². The molecular weight excluding hydrogens is 250 g/mol. The molecule has 1 aromatic carbocycles. The second kappa shape index (κ2) is 5.78. The molecule has 20 heavy (non-hydrogen) atoms. The van der Waals surface area contributed by atoms with Crippen LogP contribution in [-0.2, 0) is 10.2 Å². The molecule has 3 nitrogen and oxygen atoms in total. The molecule has 1 aliphatic heterocycles. The minimum atomic E-state index is -0.382. The van der Waals surface area contributed by atoms with Crippen molar-refractivity contribution < 1.29 is 9.59 Å². The predicted molar refractivity (Wildman–Crippen MR) is 79.9 cm³/mol. The molecule has 0 saturated carbocycles. The molecule has 0 bridgehead atoms. The molecule has 0 atom stereocenters. The van der Waals surface area contributed by atoms with Crippen LogP contribution in [0.25, 0.3) is 0 Å². The molecule has 3 heteroatoms. The van der Waals surface area contributed by atoms with Crippen molar-refractivity contribution in [3.63, 3.8) is 0 Å². The minimum Gasteiger partial charge on any atom is -0.336 e. The lowest BCUT2D eigenvalue weighted by Crippen LogP contribution is -2.40. The van der Waals surface area contributed by atoms with Gasteiger partial charge in [0.05, 0.1) is 0 Å². The number of Topliss-reactive ketones (excluding diaryl/α,β-unsaturated/α-hetero) is 1. The molecule has 1 amide bonds. The largest absolute Gasteiger partial charge is 0.336 e. The third-order valence-corrected chi connectivity index (χ3v) is 3.85. The van der Waals surface area contributed by atoms with E-state index in [4.69, 9.17) is 0 Å². The Morgan fingerprint density at radius 2 is 1.50 bits per heavy atom. The molecule has 1 fully saturated rings. The monoisotopic (exact) mass is 273 g/mol. The third kappa shape index (κ3) is 3.27. The quantitative estimate of drug-likeness (QED) is 0.613. The van der Waals surface area contributed by atoms with Crippen molar-refractivity contribution in [3.8, 4) is 0 Å². The Morgan fingerprint density at radius 3 is 2.00 bits per heavy atom. The Kier molecular flexibility index (Phi) is 4.26. The number of carbonyl (C=O) groups is 2. The summed E-state index contributed by atoms with van der Waals surface area (Å²) in [6.07, 6.45) is 3.15. The molecular formula is C17H23NO2. The summed E-state index contributed by atoms with van der Waals surface area (Å²) in [6.45, 7) is 7.81. The van der Waals surface area contributed by atoms with Crippen LogP contribution in [0.15, 0.2) is 24.3 Å². The van der Waals surface area contributed by atoms with Crippen LogP contribution in [0.3, 0.4) is 0 Å². The van der Waals surface area contributed by atoms with Gasteiger partial charge in [0, 0.05) is 18.7 Å². The van der Waals surface area contributed by atoms with Gasteiger partial charge in [-0.2, -0.15) is 0 Å². The van der Waals surface area contributed by atoms with Crippen LogP contribution < -0.4 is 0 Å². The number of hydrogen-bond donors (Lipinski definition) is 0. The van der Waals surface area contributed by atoms with E-state index in [2.05, 4.69) is 20.8 Å². The van der Waals surface area contributed by atoms with Crippen molar-refractivity contribution in [2.75, 3.05) is 13.1 Å². The molecule has 0 spiro atoms. The summed E-state index contributed by atoms with van der Waals surface area (Å²) in [7, 11) is 0. The van der Waals surface area contributed by atoms with Crippen molar-refractivity contribution in [1.82, 2.24) is 4.90 Å². The molecule has 0 radical (unpaired) electrons. The number of likely N-dealkylation sites (tertiary alicyclic amines) is 1. The van der Waals surface area contributed by atoms with Gasteiger partial charge in [0.25, 0.3) is 5.91 Å². The fourth-order valence-electron chi connectivity index (χ4n) is 2.49. The van der Waals surface area contributed by atoms with E-state index in [1.807, 2.05) is 12.1 Å². The highest BCUT2D eigenvalue weighted by molar-refractivity contribution is 6.42. The zero-order valence-electron chi connectivity index (χ0n) is 12.6. The third-order valence-electron chi connectivity index (χ3n) is 3.85. The number of rotatable bonds is 2. The van der Waals surface area contributed by atoms with Gasteiger partial charge in [-0.1, -0.05) is 45.0 Å². The standard InChI is InChI=1S/C17H23NO2/c1-17(2,3)14-9-7-13(8-10-14)15(19)16(20)18-11-5-4-6-12-18/h7-10H,4-6,11-12H2,1-3H3. The van der Waals surface area contributed by atoms with Gasteiger partial charge in [0.15, 0.2) is 0 Å². The number of nitrogens with zero attached hydrogens (tertiary/aromatic N) is 1. The number of amides is 1. The van der Waals surface area contributed by atoms with Crippen LogP contribution in [0.2, 0.25) is 0 Å². The predicted octanol–water partition coefficient (Wildman–Crippen LogP) is 3.18. The Balaban J connectivity index is 2.10. The number of piperidine rings is 1. The summed E-state index contributed by atoms with van der Waals surface area (Å²) in [4.78, 5) is 26.1. The topological polar surface area (TPSA) is 37.4 Å². The van der Waals surface area contributed by atoms with Crippen molar-refractivity contribution in [2.45, 2.75) is 45.4 Å². The average molecular weight is 273 g/mol. The van der Waals surface area contributed by atoms with E-state index in [0.717, 1.165) is 19.3 Å². The molecule has 1 heterocycles. The normalized spacial score (nSPS) is 16.1. The van der Waals surface area contributed by atoms with Crippen LogP contribution >= 0.6 is 0 Å². The first-order valence-corrected chi connectivity index (χ1v) is 7.34. The van der Waals surface area contributed by atoms with E-state index in [0.29, 0.717) is 18.7 Å². The van der Waals surface area contributed by atoms with Gasteiger partial charge in [0.2, 0.25) is 5.78 Å². The van der Waals surface area contributed by atoms with Crippen LogP contribution in [-0.4, -0.2) is 29.7 Å². The summed E-state index contributed by atoms with van der Waals surface area (Å²) >= 11 is 0. The minimum absolute atomic E-state index is 0.0540. The van der Waals surface area contributed by atoms with E-state index in [-0.39, 0.29) is 17.1 Å². The Labute approximate surface area is 121 Å². The number of hydrogen-bond acceptors (Lipinski definition) is 2. The fourth-order valence-corrected chi connectivity index (χ4v) is 2.49. The maximum Gasteiger partial charge on any atom is 0.294 e. The lowest BCUT2D eigenvalue weighted by molar-refractivity contribution is -0.127. The van der Waals surface area contributed by atoms with Crippen molar-refractivity contribution in [3.05, 3.63) is 35.4 Å². The van der Waals surface area contributed by atoms with Crippen LogP contribution in [0.5, 0.6) is 0 Å². The smallest absolute Gasteiger partial charge is 0.294 e. The lowest BCUT2D eigenvalue weighted by atomic mass is 9.86. The first kappa shape index (κ1) is 14.8. The van der Waals surface area contributed by atoms with Gasteiger partial charge >= 0.3 is 0 Å². The highest BCUT2D eigenvalue weighted by Gasteiger charge is 2.24. The van der Waals surface area contributed by atoms with Gasteiger partial charge in [-0.3, -0.25) is 9.59 Å². The maximum atomic E-state index is 12.2. The zero-order chi connectivity index (χ0) is 14.8. The Morgan fingerprint density at radius 1 is 0.950 bits per heavy atom. The summed E-state index contributed by atoms with van der Waals surface area (Å²) < 4.78 is 0. The van der Waals surface area contributed by atoms with Gasteiger partial charge in [-0.25, -0.2) is 0 Å². The highest BCUT2D eigenvalue weighted by Crippen LogP contribution is 2.22. The molecule has 1 saturated heterocycles. The summed E-state index contributed by atoms with van der Waals surface area (Å²) in [5.41, 5.74) is 1.71. The Bertz CT molecular complexity index is 491. The van der Waals surface area contributed by atoms with Crippen LogP contribution in [0.4, 0.5) is 0 Å². The van der Waals surface area contributed by atoms with Gasteiger partial charge < -0.3 is 4.90 Å². The first-order valence-electron chi connectivity index (χ1n) is 7.34. The number of benzene rings is 1. The maximum absolute atomic E-state index is 12.2. The summed E-state index contributed by atoms with van der Waals surface area (Å²) in [5.74, 6) is -0.736. The SMILES string of the molecule is CC(C)(C)c1ccc(C(=O)C(=O)N2CCCCC2)cc1. The van der Waals surface area contributed by atoms with E-state index in [9.17, 15) is 9.59 Å². The van der Waals surface area contributed by atoms with E-state index < -0.39 is 0 Å². The molecule has 108 valence electrons. The van der Waals surface area contributed by atoms with Gasteiger partial charge in [-0.15, -0.1) is 0 Å². The van der Waals surface area contributed by atoms with E-state index in [1.54, 1.807) is 17.0 Å². The summed E-state index contributed by atoms with van der Waals surface area (Å²) in [5, 5.41) is 0. The average Bonchev–Trinajstić information content (AvgIpc) is 2.46. The first-order chi connectivity index (χ1) is 9.39. The Hall–Kier alpha value is -1.64. The van der Waals surface area contributed by atoms with Gasteiger partial charge in [-0.05, 0) is 30.2 Å². The summed E-state index contributed by atoms with van der Waals surface area (Å²) in [6, 6.07) is 7.42. The van der Waals surface area contributed by atoms with Crippen molar-refractivity contribution in [2.24, 2.45) is 0 Å². The molecule has 1 aromatic rings. The second-order valence-corrected chi connectivity index (χ2v) is 6.51. The molecule has 0 aromatic heterocycles. The molecule has 0 N–H and O–H groups in total.